The molecular weight excluding hydrogens is 372 g/mol. The van der Waals surface area contributed by atoms with Crippen LogP contribution in [0.5, 0.6) is 5.75 Å². The zero-order valence-electron chi connectivity index (χ0n) is 17.7. The summed E-state index contributed by atoms with van der Waals surface area (Å²) >= 11 is 0. The van der Waals surface area contributed by atoms with Crippen LogP contribution in [0.4, 0.5) is 5.69 Å². The molecule has 0 saturated carbocycles. The molecule has 0 aliphatic carbocycles. The topological polar surface area (TPSA) is 49.9 Å². The highest BCUT2D eigenvalue weighted by atomic mass is 32.2. The first-order valence-electron chi connectivity index (χ1n) is 9.64. The van der Waals surface area contributed by atoms with E-state index in [1.165, 1.54) is 5.56 Å². The van der Waals surface area contributed by atoms with Gasteiger partial charge in [-0.25, -0.2) is 8.42 Å². The summed E-state index contributed by atoms with van der Waals surface area (Å²) in [6.07, 6.45) is 0. The Morgan fingerprint density at radius 2 is 1.36 bits per heavy atom. The van der Waals surface area contributed by atoms with Gasteiger partial charge in [-0.1, -0.05) is 6.07 Å². The molecule has 0 aromatic heterocycles. The number of methoxy groups -OCH3 is 1. The van der Waals surface area contributed by atoms with Crippen LogP contribution in [0, 0.1) is 34.6 Å². The van der Waals surface area contributed by atoms with Crippen LogP contribution >= 0.6 is 0 Å². The maximum absolute atomic E-state index is 13.5. The van der Waals surface area contributed by atoms with E-state index >= 15 is 0 Å². The molecule has 5 nitrogen and oxygen atoms in total. The van der Waals surface area contributed by atoms with E-state index < -0.39 is 10.0 Å². The molecule has 0 atom stereocenters. The predicted octanol–water partition coefficient (Wildman–Crippen LogP) is 3.75. The van der Waals surface area contributed by atoms with E-state index in [0.29, 0.717) is 31.1 Å². The molecular formula is C22H30N2O3S. The summed E-state index contributed by atoms with van der Waals surface area (Å²) in [5.74, 6) is 0.810. The van der Waals surface area contributed by atoms with Crippen LogP contribution in [0.15, 0.2) is 29.2 Å². The van der Waals surface area contributed by atoms with Gasteiger partial charge in [0.2, 0.25) is 10.0 Å². The van der Waals surface area contributed by atoms with E-state index in [2.05, 4.69) is 11.8 Å². The Hall–Kier alpha value is -2.05. The number of ether oxygens (including phenoxy) is 1. The molecule has 6 heteroatoms. The third-order valence-corrected chi connectivity index (χ3v) is 8.36. The highest BCUT2D eigenvalue weighted by Gasteiger charge is 2.32. The van der Waals surface area contributed by atoms with Crippen molar-refractivity contribution in [1.29, 1.82) is 0 Å². The second-order valence-corrected chi connectivity index (χ2v) is 9.42. The van der Waals surface area contributed by atoms with Crippen LogP contribution in [0.1, 0.15) is 27.8 Å². The van der Waals surface area contributed by atoms with Crippen molar-refractivity contribution in [2.45, 2.75) is 39.5 Å². The predicted molar refractivity (Wildman–Crippen MR) is 114 cm³/mol. The first kappa shape index (κ1) is 20.7. The summed E-state index contributed by atoms with van der Waals surface area (Å²) in [6.45, 7) is 12.2. The smallest absolute Gasteiger partial charge is 0.243 e. The average Bonchev–Trinajstić information content (AvgIpc) is 2.71. The molecule has 0 bridgehead atoms. The second kappa shape index (κ2) is 7.76. The number of hydrogen-bond acceptors (Lipinski definition) is 4. The molecule has 2 aromatic rings. The van der Waals surface area contributed by atoms with Crippen molar-refractivity contribution in [3.63, 3.8) is 0 Å². The Balaban J connectivity index is 1.86. The molecule has 3 rings (SSSR count). The van der Waals surface area contributed by atoms with Crippen molar-refractivity contribution in [3.8, 4) is 5.75 Å². The Morgan fingerprint density at radius 1 is 0.821 bits per heavy atom. The first-order valence-corrected chi connectivity index (χ1v) is 11.1. The van der Waals surface area contributed by atoms with Crippen LogP contribution in [-0.2, 0) is 10.0 Å². The van der Waals surface area contributed by atoms with E-state index in [1.54, 1.807) is 11.4 Å². The monoisotopic (exact) mass is 402 g/mol. The number of piperazine rings is 1. The third-order valence-electron chi connectivity index (χ3n) is 6.19. The number of rotatable bonds is 4. The largest absolute Gasteiger partial charge is 0.497 e. The van der Waals surface area contributed by atoms with Crippen molar-refractivity contribution < 1.29 is 13.2 Å². The average molecular weight is 403 g/mol. The molecule has 2 aromatic carbocycles. The molecule has 152 valence electrons. The molecule has 1 fully saturated rings. The standard InChI is InChI=1S/C22H30N2O3S/c1-15-16(2)18(4)22(19(5)17(15)3)28(25,26)24-12-10-23(11-13-24)20-8-7-9-21(14-20)27-6/h7-9,14H,10-13H2,1-6H3. The van der Waals surface area contributed by atoms with Gasteiger partial charge in [-0.2, -0.15) is 4.31 Å². The van der Waals surface area contributed by atoms with E-state index in [0.717, 1.165) is 33.7 Å². The highest BCUT2D eigenvalue weighted by Crippen LogP contribution is 2.32. The van der Waals surface area contributed by atoms with Crippen LogP contribution in [0.2, 0.25) is 0 Å². The summed E-state index contributed by atoms with van der Waals surface area (Å²) < 4.78 is 33.9. The van der Waals surface area contributed by atoms with Gasteiger partial charge in [0, 0.05) is 37.9 Å². The molecule has 0 amide bonds. The quantitative estimate of drug-likeness (QED) is 0.782. The molecule has 28 heavy (non-hydrogen) atoms. The minimum absolute atomic E-state index is 0.477. The maximum atomic E-state index is 13.5. The highest BCUT2D eigenvalue weighted by molar-refractivity contribution is 7.89. The Kier molecular flexibility index (Phi) is 5.73. The molecule has 0 radical (unpaired) electrons. The molecule has 1 aliphatic heterocycles. The van der Waals surface area contributed by atoms with Gasteiger partial charge in [-0.3, -0.25) is 0 Å². The first-order chi connectivity index (χ1) is 13.2. The van der Waals surface area contributed by atoms with Gasteiger partial charge in [0.15, 0.2) is 0 Å². The van der Waals surface area contributed by atoms with Crippen molar-refractivity contribution in [1.82, 2.24) is 4.31 Å². The lowest BCUT2D eigenvalue weighted by atomic mass is 9.95. The molecule has 1 heterocycles. The lowest BCUT2D eigenvalue weighted by molar-refractivity contribution is 0.383. The third kappa shape index (κ3) is 3.51. The van der Waals surface area contributed by atoms with Crippen LogP contribution in [0.25, 0.3) is 0 Å². The van der Waals surface area contributed by atoms with E-state index in [9.17, 15) is 8.42 Å². The molecule has 0 spiro atoms. The van der Waals surface area contributed by atoms with Crippen LogP contribution in [-0.4, -0.2) is 46.0 Å². The maximum Gasteiger partial charge on any atom is 0.243 e. The number of anilines is 1. The Bertz CT molecular complexity index is 962. The van der Waals surface area contributed by atoms with Crippen molar-refractivity contribution in [2.24, 2.45) is 0 Å². The molecule has 1 aliphatic rings. The lowest BCUT2D eigenvalue weighted by Gasteiger charge is -2.36. The lowest BCUT2D eigenvalue weighted by Crippen LogP contribution is -2.49. The van der Waals surface area contributed by atoms with Crippen molar-refractivity contribution in [2.75, 3.05) is 38.2 Å². The number of benzene rings is 2. The Labute approximate surface area is 169 Å². The normalized spacial score (nSPS) is 15.7. The van der Waals surface area contributed by atoms with Gasteiger partial charge in [-0.05, 0) is 74.6 Å². The zero-order chi connectivity index (χ0) is 20.6. The summed E-state index contributed by atoms with van der Waals surface area (Å²) in [5, 5.41) is 0. The molecule has 0 unspecified atom stereocenters. The summed E-state index contributed by atoms with van der Waals surface area (Å²) in [7, 11) is -1.87. The summed E-state index contributed by atoms with van der Waals surface area (Å²) in [6, 6.07) is 7.90. The SMILES string of the molecule is COc1cccc(N2CCN(S(=O)(=O)c3c(C)c(C)c(C)c(C)c3C)CC2)c1. The van der Waals surface area contributed by atoms with Gasteiger partial charge in [0.1, 0.15) is 5.75 Å². The number of nitrogens with zero attached hydrogens (tertiary/aromatic N) is 2. The van der Waals surface area contributed by atoms with Gasteiger partial charge in [0.05, 0.1) is 12.0 Å². The minimum Gasteiger partial charge on any atom is -0.497 e. The van der Waals surface area contributed by atoms with Crippen LogP contribution in [0.3, 0.4) is 0 Å². The number of hydrogen-bond donors (Lipinski definition) is 0. The van der Waals surface area contributed by atoms with E-state index in [-0.39, 0.29) is 0 Å². The van der Waals surface area contributed by atoms with Gasteiger partial charge in [-0.15, -0.1) is 0 Å². The molecule has 1 saturated heterocycles. The number of sulfonamides is 1. The minimum atomic E-state index is -3.52. The fraction of sp³-hybridized carbons (Fsp3) is 0.455. The fourth-order valence-corrected chi connectivity index (χ4v) is 5.96. The summed E-state index contributed by atoms with van der Waals surface area (Å²) in [5.41, 5.74) is 6.11. The van der Waals surface area contributed by atoms with Gasteiger partial charge < -0.3 is 9.64 Å². The van der Waals surface area contributed by atoms with E-state index in [4.69, 9.17) is 4.74 Å². The van der Waals surface area contributed by atoms with Crippen molar-refractivity contribution in [3.05, 3.63) is 52.1 Å². The van der Waals surface area contributed by atoms with Crippen LogP contribution < -0.4 is 9.64 Å². The second-order valence-electron chi connectivity index (χ2n) is 7.55. The van der Waals surface area contributed by atoms with Gasteiger partial charge in [0.25, 0.3) is 0 Å². The van der Waals surface area contributed by atoms with Crippen molar-refractivity contribution >= 4 is 15.7 Å². The molecule has 0 N–H and O–H groups in total. The van der Waals surface area contributed by atoms with E-state index in [1.807, 2.05) is 52.0 Å². The van der Waals surface area contributed by atoms with Gasteiger partial charge >= 0.3 is 0 Å². The Morgan fingerprint density at radius 3 is 1.89 bits per heavy atom. The fourth-order valence-electron chi connectivity index (χ4n) is 3.98. The zero-order valence-corrected chi connectivity index (χ0v) is 18.5. The summed E-state index contributed by atoms with van der Waals surface area (Å²) in [4.78, 5) is 2.70.